The van der Waals surface area contributed by atoms with Gasteiger partial charge in [-0.1, -0.05) is 0 Å². The number of hydrogen-bond acceptors (Lipinski definition) is 6. The van der Waals surface area contributed by atoms with E-state index in [0.29, 0.717) is 11.4 Å². The van der Waals surface area contributed by atoms with E-state index in [1.54, 1.807) is 23.1 Å². The maximum absolute atomic E-state index is 12.3. The molecular formula is C17H22N4O4. The summed E-state index contributed by atoms with van der Waals surface area (Å²) in [6, 6.07) is 4.55. The Bertz CT molecular complexity index is 725. The van der Waals surface area contributed by atoms with Crippen molar-refractivity contribution in [3.63, 3.8) is 0 Å². The lowest BCUT2D eigenvalue weighted by Crippen LogP contribution is -2.38. The molecule has 1 aromatic carbocycles. The Balaban J connectivity index is 1.56. The second-order valence-corrected chi connectivity index (χ2v) is 5.78. The highest BCUT2D eigenvalue weighted by molar-refractivity contribution is 6.06. The van der Waals surface area contributed by atoms with Gasteiger partial charge in [-0.25, -0.2) is 0 Å². The van der Waals surface area contributed by atoms with Crippen molar-refractivity contribution in [1.29, 1.82) is 0 Å². The molecule has 134 valence electrons. The number of aromatic nitrogens is 2. The maximum Gasteiger partial charge on any atom is 0.259 e. The van der Waals surface area contributed by atoms with Crippen LogP contribution >= 0.6 is 0 Å². The SMILES string of the molecule is COc1ccc(C(=O)Nc2cnn(CCN3CCOCC3)c2)c(O)c1. The zero-order valence-corrected chi connectivity index (χ0v) is 14.1. The molecule has 2 aromatic rings. The highest BCUT2D eigenvalue weighted by Crippen LogP contribution is 2.24. The van der Waals surface area contributed by atoms with Crippen LogP contribution in [-0.4, -0.2) is 65.7 Å². The fourth-order valence-electron chi connectivity index (χ4n) is 2.65. The van der Waals surface area contributed by atoms with E-state index in [2.05, 4.69) is 15.3 Å². The Kier molecular flexibility index (Phi) is 5.52. The fourth-order valence-corrected chi connectivity index (χ4v) is 2.65. The highest BCUT2D eigenvalue weighted by atomic mass is 16.5. The van der Waals surface area contributed by atoms with E-state index in [1.807, 2.05) is 0 Å². The molecule has 1 fully saturated rings. The van der Waals surface area contributed by atoms with Crippen LogP contribution in [0.15, 0.2) is 30.6 Å². The second-order valence-electron chi connectivity index (χ2n) is 5.78. The first-order valence-corrected chi connectivity index (χ1v) is 8.16. The van der Waals surface area contributed by atoms with Gasteiger partial charge in [0.2, 0.25) is 0 Å². The van der Waals surface area contributed by atoms with Crippen LogP contribution in [0, 0.1) is 0 Å². The number of anilines is 1. The normalized spacial score (nSPS) is 15.1. The molecule has 3 rings (SSSR count). The molecule has 0 atom stereocenters. The van der Waals surface area contributed by atoms with Gasteiger partial charge in [-0.2, -0.15) is 5.10 Å². The summed E-state index contributed by atoms with van der Waals surface area (Å²) >= 11 is 0. The molecule has 1 aromatic heterocycles. The Morgan fingerprint density at radius 3 is 2.88 bits per heavy atom. The Hall–Kier alpha value is -2.58. The topological polar surface area (TPSA) is 88.9 Å². The number of ether oxygens (including phenoxy) is 2. The van der Waals surface area contributed by atoms with Crippen LogP contribution in [-0.2, 0) is 11.3 Å². The zero-order valence-electron chi connectivity index (χ0n) is 14.1. The summed E-state index contributed by atoms with van der Waals surface area (Å²) in [5.41, 5.74) is 0.768. The van der Waals surface area contributed by atoms with E-state index < -0.39 is 5.91 Å². The lowest BCUT2D eigenvalue weighted by molar-refractivity contribution is 0.0360. The molecule has 0 radical (unpaired) electrons. The van der Waals surface area contributed by atoms with Crippen LogP contribution < -0.4 is 10.1 Å². The third-order valence-corrected chi connectivity index (χ3v) is 4.09. The molecule has 8 nitrogen and oxygen atoms in total. The van der Waals surface area contributed by atoms with E-state index in [9.17, 15) is 9.90 Å². The summed E-state index contributed by atoms with van der Waals surface area (Å²) in [6.07, 6.45) is 3.37. The molecule has 0 saturated carbocycles. The van der Waals surface area contributed by atoms with Crippen molar-refractivity contribution in [1.82, 2.24) is 14.7 Å². The first-order chi connectivity index (χ1) is 12.2. The van der Waals surface area contributed by atoms with E-state index in [4.69, 9.17) is 9.47 Å². The predicted octanol–water partition coefficient (Wildman–Crippen LogP) is 1.18. The monoisotopic (exact) mass is 346 g/mol. The highest BCUT2D eigenvalue weighted by Gasteiger charge is 2.14. The number of methoxy groups -OCH3 is 1. The van der Waals surface area contributed by atoms with Crippen LogP contribution in [0.25, 0.3) is 0 Å². The van der Waals surface area contributed by atoms with Crippen LogP contribution in [0.1, 0.15) is 10.4 Å². The smallest absolute Gasteiger partial charge is 0.259 e. The van der Waals surface area contributed by atoms with E-state index >= 15 is 0 Å². The van der Waals surface area contributed by atoms with Gasteiger partial charge in [0, 0.05) is 31.9 Å². The number of phenolic OH excluding ortho intramolecular Hbond substituents is 1. The molecule has 2 N–H and O–H groups in total. The minimum Gasteiger partial charge on any atom is -0.507 e. The first kappa shape index (κ1) is 17.2. The average molecular weight is 346 g/mol. The third-order valence-electron chi connectivity index (χ3n) is 4.09. The molecule has 0 aliphatic carbocycles. The minimum atomic E-state index is -0.395. The molecular weight excluding hydrogens is 324 g/mol. The number of amides is 1. The standard InChI is InChI=1S/C17H22N4O4/c1-24-14-2-3-15(16(22)10-14)17(23)19-13-11-18-21(12-13)5-4-20-6-8-25-9-7-20/h2-3,10-12,22H,4-9H2,1H3,(H,19,23). The van der Waals surface area contributed by atoms with Crippen molar-refractivity contribution >= 4 is 11.6 Å². The molecule has 0 unspecified atom stereocenters. The van der Waals surface area contributed by atoms with Crippen molar-refractivity contribution in [2.24, 2.45) is 0 Å². The molecule has 0 spiro atoms. The molecule has 1 saturated heterocycles. The predicted molar refractivity (Wildman–Crippen MR) is 92.1 cm³/mol. The number of benzene rings is 1. The summed E-state index contributed by atoms with van der Waals surface area (Å²) < 4.78 is 12.1. The number of aromatic hydroxyl groups is 1. The molecule has 2 heterocycles. The Labute approximate surface area is 146 Å². The number of nitrogens with zero attached hydrogens (tertiary/aromatic N) is 3. The molecule has 1 aliphatic rings. The number of nitrogens with one attached hydrogen (secondary N) is 1. The summed E-state index contributed by atoms with van der Waals surface area (Å²) in [5, 5.41) is 16.9. The number of phenols is 1. The van der Waals surface area contributed by atoms with Gasteiger partial charge >= 0.3 is 0 Å². The Morgan fingerprint density at radius 1 is 1.36 bits per heavy atom. The molecule has 8 heteroatoms. The van der Waals surface area contributed by atoms with Crippen LogP contribution in [0.5, 0.6) is 11.5 Å². The van der Waals surface area contributed by atoms with Gasteiger partial charge in [0.05, 0.1) is 44.3 Å². The van der Waals surface area contributed by atoms with E-state index in [1.165, 1.54) is 19.2 Å². The number of carbonyl (C=O) groups is 1. The fraction of sp³-hybridized carbons (Fsp3) is 0.412. The van der Waals surface area contributed by atoms with Gasteiger partial charge in [-0.3, -0.25) is 14.4 Å². The summed E-state index contributed by atoms with van der Waals surface area (Å²) in [4.78, 5) is 14.6. The average Bonchev–Trinajstić information content (AvgIpc) is 3.08. The van der Waals surface area contributed by atoms with E-state index in [-0.39, 0.29) is 11.3 Å². The number of morpholine rings is 1. The van der Waals surface area contributed by atoms with Crippen molar-refractivity contribution in [2.45, 2.75) is 6.54 Å². The maximum atomic E-state index is 12.3. The lowest BCUT2D eigenvalue weighted by Gasteiger charge is -2.26. The van der Waals surface area contributed by atoms with Gasteiger partial charge in [-0.05, 0) is 12.1 Å². The van der Waals surface area contributed by atoms with E-state index in [0.717, 1.165) is 39.4 Å². The number of rotatable bonds is 6. The van der Waals surface area contributed by atoms with Gasteiger partial charge < -0.3 is 19.9 Å². The summed E-state index contributed by atoms with van der Waals surface area (Å²) in [5.74, 6) is -0.0329. The minimum absolute atomic E-state index is 0.128. The molecule has 1 aliphatic heterocycles. The van der Waals surface area contributed by atoms with Gasteiger partial charge in [0.1, 0.15) is 11.5 Å². The van der Waals surface area contributed by atoms with Crippen molar-refractivity contribution in [3.05, 3.63) is 36.2 Å². The van der Waals surface area contributed by atoms with Gasteiger partial charge in [-0.15, -0.1) is 0 Å². The van der Waals surface area contributed by atoms with Crippen LogP contribution in [0.2, 0.25) is 0 Å². The van der Waals surface area contributed by atoms with Crippen molar-refractivity contribution in [2.75, 3.05) is 45.3 Å². The molecule has 1 amide bonds. The first-order valence-electron chi connectivity index (χ1n) is 8.16. The summed E-state index contributed by atoms with van der Waals surface area (Å²) in [6.45, 7) is 5.03. The zero-order chi connectivity index (χ0) is 17.6. The third kappa shape index (κ3) is 4.49. The van der Waals surface area contributed by atoms with Crippen molar-refractivity contribution in [3.8, 4) is 11.5 Å². The number of hydrogen-bond donors (Lipinski definition) is 2. The molecule has 25 heavy (non-hydrogen) atoms. The van der Waals surface area contributed by atoms with Gasteiger partial charge in [0.25, 0.3) is 5.91 Å². The number of carbonyl (C=O) groups excluding carboxylic acids is 1. The quantitative estimate of drug-likeness (QED) is 0.817. The lowest BCUT2D eigenvalue weighted by atomic mass is 10.2. The van der Waals surface area contributed by atoms with Crippen LogP contribution in [0.3, 0.4) is 0 Å². The Morgan fingerprint density at radius 2 is 2.16 bits per heavy atom. The van der Waals surface area contributed by atoms with Crippen LogP contribution in [0.4, 0.5) is 5.69 Å². The summed E-state index contributed by atoms with van der Waals surface area (Å²) in [7, 11) is 1.50. The van der Waals surface area contributed by atoms with Crippen molar-refractivity contribution < 1.29 is 19.4 Å². The second kappa shape index (κ2) is 8.00. The molecule has 0 bridgehead atoms. The van der Waals surface area contributed by atoms with Gasteiger partial charge in [0.15, 0.2) is 0 Å². The largest absolute Gasteiger partial charge is 0.507 e.